The fraction of sp³-hybridized carbons (Fsp3) is 0.649. The molecule has 16 rings (SSSR count). The molecular weight excluding hydrogens is 1190 g/mol. The number of carbonyl (C=O) groups excluding carboxylic acids is 3. The maximum Gasteiger partial charge on any atom is 0.334 e. The maximum absolute atomic E-state index is 16.4. The van der Waals surface area contributed by atoms with Crippen LogP contribution in [0.1, 0.15) is 205 Å². The number of esters is 2. The molecule has 92 heavy (non-hydrogen) atoms. The predicted molar refractivity (Wildman–Crippen MR) is 354 cm³/mol. The number of fused-ring (bicyclic) bond motifs is 17. The summed E-state index contributed by atoms with van der Waals surface area (Å²) in [5.41, 5.74) is 1.36. The van der Waals surface area contributed by atoms with E-state index < -0.39 is 64.8 Å². The maximum atomic E-state index is 16.4. The standard InChI is InChI=1S/C77H93NO12S2/c1-75(86)42-78-56-31-51(30-53(32-56)73(84)76-23-8-11-46(38-76)40-91-92-41-55-26-43(22-24-76)16-21-64(55)88-39-65(75)81)48-17-18-49-37-67(82)90-72-60(49)34-52(71(83)68(72)47-12-3-2-4-13-47)36-66-77(87)62-15-6-5-14-58(62)59-20-19-50-35-63(80)61(69(59)70(50)77)28-45-10-7-9-44(25-45)27-57(79)33-54(29-48)74(85)89-66/h7,9-10,25,30-34,43,46-50,55,57-59,61-62,64-66,69-70,73,78-79,81,83-84,86-87H,2-6,8,11-16,19-21,23,26-29,35-42H2,1H3. The van der Waals surface area contributed by atoms with Crippen LogP contribution in [0.15, 0.2) is 60.2 Å². The van der Waals surface area contributed by atoms with Gasteiger partial charge in [0, 0.05) is 77.5 Å². The third-order valence-corrected chi connectivity index (χ3v) is 27.8. The van der Waals surface area contributed by atoms with Gasteiger partial charge in [-0.1, -0.05) is 114 Å². The highest BCUT2D eigenvalue weighted by Gasteiger charge is 2.69. The van der Waals surface area contributed by atoms with Gasteiger partial charge in [-0.3, -0.25) is 9.59 Å². The minimum Gasteiger partial charge on any atom is -0.507 e. The molecule has 20 atom stereocenters. The fourth-order valence-corrected chi connectivity index (χ4v) is 23.4. The molecule has 7 fully saturated rings. The Morgan fingerprint density at radius 3 is 2.38 bits per heavy atom. The molecule has 0 amide bonds. The lowest BCUT2D eigenvalue weighted by atomic mass is 9.40. The largest absolute Gasteiger partial charge is 0.507 e. The number of aliphatic hydroxyl groups is 5. The number of Topliss-reactive ketones (excluding diaryl/α,β-unsaturated/α-hetero) is 1. The van der Waals surface area contributed by atoms with E-state index in [4.69, 9.17) is 14.2 Å². The van der Waals surface area contributed by atoms with Gasteiger partial charge >= 0.3 is 11.9 Å². The Bertz CT molecular complexity index is 3520. The molecule has 3 aromatic carbocycles. The molecule has 7 aliphatic carbocycles. The lowest BCUT2D eigenvalue weighted by Gasteiger charge is -2.66. The Morgan fingerprint density at radius 2 is 1.52 bits per heavy atom. The van der Waals surface area contributed by atoms with E-state index in [1.54, 1.807) is 13.0 Å². The van der Waals surface area contributed by atoms with Gasteiger partial charge in [0.1, 0.15) is 40.7 Å². The summed E-state index contributed by atoms with van der Waals surface area (Å²) in [6, 6.07) is 15.9. The Hall–Kier alpha value is -4.81. The van der Waals surface area contributed by atoms with Crippen molar-refractivity contribution in [3.05, 3.63) is 99.1 Å². The number of hydrogen-bond donors (Lipinski definition) is 7. The highest BCUT2D eigenvalue weighted by molar-refractivity contribution is 8.76. The van der Waals surface area contributed by atoms with Crippen molar-refractivity contribution < 1.29 is 59.2 Å². The summed E-state index contributed by atoms with van der Waals surface area (Å²) < 4.78 is 20.2. The summed E-state index contributed by atoms with van der Waals surface area (Å²) in [6.45, 7) is 1.46. The van der Waals surface area contributed by atoms with Gasteiger partial charge in [-0.15, -0.1) is 0 Å². The van der Waals surface area contributed by atoms with Crippen LogP contribution in [-0.2, 0) is 43.1 Å². The van der Waals surface area contributed by atoms with Crippen LogP contribution in [0.4, 0.5) is 5.69 Å². The summed E-state index contributed by atoms with van der Waals surface area (Å²) in [5.74, 6) is 13.9. The Balaban J connectivity index is 0.932. The molecule has 15 heteroatoms. The van der Waals surface area contributed by atoms with Gasteiger partial charge in [0.05, 0.1) is 42.7 Å². The van der Waals surface area contributed by atoms with Crippen molar-refractivity contribution in [2.75, 3.05) is 30.0 Å². The van der Waals surface area contributed by atoms with Crippen LogP contribution in [0.3, 0.4) is 0 Å². The monoisotopic (exact) mass is 1290 g/mol. The fourth-order valence-electron chi connectivity index (χ4n) is 20.6. The molecule has 0 saturated heterocycles. The number of rotatable bonds is 2. The van der Waals surface area contributed by atoms with Crippen molar-refractivity contribution in [1.29, 1.82) is 0 Å². The summed E-state index contributed by atoms with van der Waals surface area (Å²) >= 11 is 0. The average Bonchev–Trinajstić information content (AvgIpc) is 0.718. The molecule has 490 valence electrons. The molecule has 13 nitrogen and oxygen atoms in total. The molecule has 0 aromatic heterocycles. The summed E-state index contributed by atoms with van der Waals surface area (Å²) in [6.07, 6.45) is 13.1. The van der Waals surface area contributed by atoms with E-state index in [-0.39, 0.29) is 121 Å². The lowest BCUT2D eigenvalue weighted by Crippen LogP contribution is -2.71. The zero-order chi connectivity index (χ0) is 63.2. The van der Waals surface area contributed by atoms with Gasteiger partial charge in [0.2, 0.25) is 0 Å². The molecule has 6 heterocycles. The third kappa shape index (κ3) is 11.9. The number of benzene rings is 3. The van der Waals surface area contributed by atoms with E-state index in [0.29, 0.717) is 70.9 Å². The summed E-state index contributed by atoms with van der Waals surface area (Å²) in [4.78, 5) is 45.6. The lowest BCUT2D eigenvalue weighted by molar-refractivity contribution is -0.265. The van der Waals surface area contributed by atoms with Crippen molar-refractivity contribution in [2.24, 2.45) is 64.6 Å². The smallest absolute Gasteiger partial charge is 0.334 e. The van der Waals surface area contributed by atoms with Crippen LogP contribution < -0.4 is 10.1 Å². The van der Waals surface area contributed by atoms with E-state index >= 15 is 4.79 Å². The zero-order valence-corrected chi connectivity index (χ0v) is 55.0. The molecule has 20 unspecified atom stereocenters. The van der Waals surface area contributed by atoms with Crippen LogP contribution >= 0.6 is 21.6 Å². The quantitative estimate of drug-likeness (QED) is 0.0550. The van der Waals surface area contributed by atoms with Gasteiger partial charge in [-0.2, -0.15) is 0 Å². The minimum absolute atomic E-state index is 0.0111. The number of hydrogen-bond acceptors (Lipinski definition) is 15. The highest BCUT2D eigenvalue weighted by Crippen LogP contribution is 2.66. The summed E-state index contributed by atoms with van der Waals surface area (Å²) in [7, 11) is 3.77. The zero-order valence-electron chi connectivity index (χ0n) is 53.3. The van der Waals surface area contributed by atoms with Crippen molar-refractivity contribution in [2.45, 2.75) is 220 Å². The summed E-state index contributed by atoms with van der Waals surface area (Å²) in [5, 5.41) is 81.5. The second-order valence-corrected chi connectivity index (χ2v) is 33.4. The number of ketones is 1. The first-order valence-electron chi connectivity index (χ1n) is 35.4. The molecule has 7 N–H and O–H groups in total. The first-order valence-corrected chi connectivity index (χ1v) is 37.9. The van der Waals surface area contributed by atoms with Crippen LogP contribution in [0.2, 0.25) is 0 Å². The van der Waals surface area contributed by atoms with Crippen molar-refractivity contribution in [3.8, 4) is 35.2 Å². The van der Waals surface area contributed by atoms with Gasteiger partial charge in [0.25, 0.3) is 0 Å². The molecule has 0 radical (unpaired) electrons. The highest BCUT2D eigenvalue weighted by atomic mass is 33.1. The van der Waals surface area contributed by atoms with Crippen molar-refractivity contribution >= 4 is 45.0 Å². The second kappa shape index (κ2) is 25.6. The topological polar surface area (TPSA) is 212 Å². The van der Waals surface area contributed by atoms with Gasteiger partial charge in [-0.05, 0) is 202 Å². The Labute approximate surface area is 550 Å². The number of anilines is 1. The molecule has 13 aliphatic rings. The number of aromatic hydroxyl groups is 1. The molecule has 6 aliphatic heterocycles. The van der Waals surface area contributed by atoms with Crippen LogP contribution in [-0.4, -0.2) is 109 Å². The molecular formula is C77H93NO12S2. The minimum atomic E-state index is -1.67. The van der Waals surface area contributed by atoms with Crippen LogP contribution in [0.25, 0.3) is 0 Å². The molecule has 7 saturated carbocycles. The number of carbonyl (C=O) groups is 3. The van der Waals surface area contributed by atoms with E-state index in [9.17, 15) is 40.2 Å². The van der Waals surface area contributed by atoms with Gasteiger partial charge in [0.15, 0.2) is 0 Å². The van der Waals surface area contributed by atoms with Crippen molar-refractivity contribution in [3.63, 3.8) is 0 Å². The third-order valence-electron chi connectivity index (χ3n) is 25.1. The Kier molecular flexibility index (Phi) is 17.6. The molecule has 19 bridgehead atoms. The van der Waals surface area contributed by atoms with Crippen molar-refractivity contribution in [1.82, 2.24) is 0 Å². The number of phenolic OH excluding ortho intramolecular Hbond substituents is 1. The van der Waals surface area contributed by atoms with E-state index in [0.717, 1.165) is 125 Å². The average molecular weight is 1290 g/mol. The second-order valence-electron chi connectivity index (χ2n) is 30.9. The van der Waals surface area contributed by atoms with Gasteiger partial charge < -0.3 is 50.2 Å². The first kappa shape index (κ1) is 63.3. The van der Waals surface area contributed by atoms with E-state index in [1.807, 2.05) is 58.0 Å². The number of phenols is 1. The predicted octanol–water partition coefficient (Wildman–Crippen LogP) is 11.9. The molecule has 3 aromatic rings. The number of ether oxygens (including phenoxy) is 3. The van der Waals surface area contributed by atoms with E-state index in [1.165, 1.54) is 0 Å². The van der Waals surface area contributed by atoms with Crippen LogP contribution in [0.5, 0.6) is 11.5 Å². The first-order chi connectivity index (χ1) is 44.5. The normalized spacial score (nSPS) is 40.4. The molecule has 1 spiro atoms. The van der Waals surface area contributed by atoms with E-state index in [2.05, 4.69) is 41.1 Å². The SMILES string of the molecule is CC1(O)CNc2cc(C3C#CC4CC(=O)Oc5c4cc(c(O)c5C4CCCCC4)CC4OC(=O)C(=CC(O)Cc5cccc(c5)CC5C(=O)CC6CCC7C8CCCCC8C4(O)C6C57)C3)cc(c2)C(O)C23C#CC4CCC(OCC1O)C(CSSCC(CCC2)C3)C4. The number of nitrogens with one attached hydrogen (secondary N) is 1. The Morgan fingerprint density at radius 1 is 0.728 bits per heavy atom. The van der Waals surface area contributed by atoms with Crippen LogP contribution in [0, 0.1) is 88.3 Å². The number of aliphatic hydroxyl groups excluding tert-OH is 3. The van der Waals surface area contributed by atoms with Gasteiger partial charge in [-0.25, -0.2) is 4.79 Å².